The molecule has 2 nitrogen and oxygen atoms in total. The van der Waals surface area contributed by atoms with E-state index in [4.69, 9.17) is 9.40 Å². The molecule has 0 saturated carbocycles. The number of aromatic nitrogens is 1. The van der Waals surface area contributed by atoms with Crippen LogP contribution >= 0.6 is 0 Å². The summed E-state index contributed by atoms with van der Waals surface area (Å²) in [6.07, 6.45) is 0. The van der Waals surface area contributed by atoms with Gasteiger partial charge in [-0.15, -0.1) is 0 Å². The molecule has 0 fully saturated rings. The van der Waals surface area contributed by atoms with Crippen LogP contribution in [0.1, 0.15) is 22.3 Å². The second-order valence-corrected chi connectivity index (χ2v) is 10.6. The third kappa shape index (κ3) is 3.83. The van der Waals surface area contributed by atoms with E-state index in [9.17, 15) is 0 Å². The highest BCUT2D eigenvalue weighted by molar-refractivity contribution is 6.22. The number of fused-ring (bicyclic) bond motifs is 3. The van der Waals surface area contributed by atoms with Gasteiger partial charge in [0.15, 0.2) is 5.58 Å². The van der Waals surface area contributed by atoms with Crippen LogP contribution in [0.3, 0.4) is 0 Å². The number of hydrogen-bond donors (Lipinski definition) is 0. The fourth-order valence-corrected chi connectivity index (χ4v) is 5.75. The quantitative estimate of drug-likeness (QED) is 0.224. The van der Waals surface area contributed by atoms with Crippen LogP contribution in [0.25, 0.3) is 66.4 Å². The van der Waals surface area contributed by atoms with Crippen molar-refractivity contribution in [2.45, 2.75) is 27.7 Å². The molecule has 0 aliphatic rings. The van der Waals surface area contributed by atoms with Crippen molar-refractivity contribution in [3.8, 4) is 33.7 Å². The molecule has 0 aliphatic carbocycles. The molecule has 6 aromatic carbocycles. The van der Waals surface area contributed by atoms with Crippen LogP contribution < -0.4 is 0 Å². The molecule has 0 amide bonds. The molecular weight excluding hydrogens is 474 g/mol. The molecule has 39 heavy (non-hydrogen) atoms. The Morgan fingerprint density at radius 3 is 1.41 bits per heavy atom. The number of rotatable bonds is 3. The minimum absolute atomic E-state index is 0.648. The van der Waals surface area contributed by atoms with Gasteiger partial charge >= 0.3 is 0 Å². The summed E-state index contributed by atoms with van der Waals surface area (Å²) in [7, 11) is 0. The molecular formula is C37H29NO. The summed E-state index contributed by atoms with van der Waals surface area (Å²) in [5.74, 6) is 0.648. The lowest BCUT2D eigenvalue weighted by Crippen LogP contribution is -1.95. The number of aryl methyl sites for hydroxylation is 4. The van der Waals surface area contributed by atoms with Crippen molar-refractivity contribution in [1.82, 2.24) is 4.98 Å². The van der Waals surface area contributed by atoms with Gasteiger partial charge in [-0.05, 0) is 118 Å². The Balaban J connectivity index is 1.53. The monoisotopic (exact) mass is 503 g/mol. The molecule has 7 rings (SSSR count). The maximum atomic E-state index is 6.05. The molecule has 0 aliphatic heterocycles. The Morgan fingerprint density at radius 2 is 0.897 bits per heavy atom. The van der Waals surface area contributed by atoms with E-state index in [1.165, 1.54) is 66.1 Å². The zero-order valence-electron chi connectivity index (χ0n) is 22.7. The van der Waals surface area contributed by atoms with Crippen molar-refractivity contribution in [2.24, 2.45) is 0 Å². The van der Waals surface area contributed by atoms with Crippen molar-refractivity contribution in [3.63, 3.8) is 0 Å². The number of para-hydroxylation sites is 2. The van der Waals surface area contributed by atoms with Gasteiger partial charge in [-0.1, -0.05) is 78.9 Å². The molecule has 1 heterocycles. The molecule has 1 aromatic heterocycles. The number of hydrogen-bond acceptors (Lipinski definition) is 2. The van der Waals surface area contributed by atoms with Gasteiger partial charge in [0.05, 0.1) is 0 Å². The Kier molecular flexibility index (Phi) is 5.38. The largest absolute Gasteiger partial charge is 0.436 e. The molecule has 0 atom stereocenters. The van der Waals surface area contributed by atoms with E-state index in [-0.39, 0.29) is 0 Å². The SMILES string of the molecule is Cc1cc2c(-c3ccccc3)c3cc(C)c(C)cc3c(-c3ccc(-c4nc5ccccc5o4)cc3)c2cc1C. The predicted octanol–water partition coefficient (Wildman–Crippen LogP) is 10.4. The molecule has 0 spiro atoms. The molecule has 0 bridgehead atoms. The first-order chi connectivity index (χ1) is 19.0. The van der Waals surface area contributed by atoms with Crippen molar-refractivity contribution in [3.05, 3.63) is 125 Å². The van der Waals surface area contributed by atoms with E-state index < -0.39 is 0 Å². The second kappa shape index (κ2) is 8.96. The maximum absolute atomic E-state index is 6.05. The number of nitrogens with zero attached hydrogens (tertiary/aromatic N) is 1. The van der Waals surface area contributed by atoms with Gasteiger partial charge in [0, 0.05) is 5.56 Å². The van der Waals surface area contributed by atoms with E-state index in [2.05, 4.69) is 107 Å². The highest BCUT2D eigenvalue weighted by Crippen LogP contribution is 2.45. The van der Waals surface area contributed by atoms with E-state index in [0.29, 0.717) is 5.89 Å². The first-order valence-electron chi connectivity index (χ1n) is 13.5. The molecule has 7 aromatic rings. The minimum atomic E-state index is 0.648. The third-order valence-corrected chi connectivity index (χ3v) is 8.12. The van der Waals surface area contributed by atoms with Gasteiger partial charge < -0.3 is 4.42 Å². The Labute approximate surface area is 228 Å². The highest BCUT2D eigenvalue weighted by atomic mass is 16.3. The van der Waals surface area contributed by atoms with Crippen molar-refractivity contribution in [2.75, 3.05) is 0 Å². The van der Waals surface area contributed by atoms with Gasteiger partial charge in [0.25, 0.3) is 0 Å². The molecule has 0 N–H and O–H groups in total. The third-order valence-electron chi connectivity index (χ3n) is 8.12. The Bertz CT molecular complexity index is 1930. The Morgan fingerprint density at radius 1 is 0.462 bits per heavy atom. The summed E-state index contributed by atoms with van der Waals surface area (Å²) in [5.41, 5.74) is 12.9. The van der Waals surface area contributed by atoms with Gasteiger partial charge in [-0.25, -0.2) is 4.98 Å². The molecule has 2 heteroatoms. The first-order valence-corrected chi connectivity index (χ1v) is 13.5. The lowest BCUT2D eigenvalue weighted by Gasteiger charge is -2.20. The van der Waals surface area contributed by atoms with Crippen LogP contribution in [0, 0.1) is 27.7 Å². The van der Waals surface area contributed by atoms with Crippen LogP contribution in [-0.4, -0.2) is 4.98 Å². The summed E-state index contributed by atoms with van der Waals surface area (Å²) in [5, 5.41) is 5.14. The van der Waals surface area contributed by atoms with Crippen LogP contribution in [0.5, 0.6) is 0 Å². The zero-order valence-corrected chi connectivity index (χ0v) is 22.7. The van der Waals surface area contributed by atoms with E-state index in [0.717, 1.165) is 16.7 Å². The average Bonchev–Trinajstić information content (AvgIpc) is 3.39. The van der Waals surface area contributed by atoms with Gasteiger partial charge in [-0.3, -0.25) is 0 Å². The van der Waals surface area contributed by atoms with Gasteiger partial charge in [0.1, 0.15) is 5.52 Å². The van der Waals surface area contributed by atoms with Gasteiger partial charge in [0.2, 0.25) is 5.89 Å². The number of oxazole rings is 1. The smallest absolute Gasteiger partial charge is 0.227 e. The molecule has 0 saturated heterocycles. The van der Waals surface area contributed by atoms with Crippen LogP contribution in [0.4, 0.5) is 0 Å². The van der Waals surface area contributed by atoms with Crippen LogP contribution in [-0.2, 0) is 0 Å². The van der Waals surface area contributed by atoms with Crippen molar-refractivity contribution < 1.29 is 4.42 Å². The highest BCUT2D eigenvalue weighted by Gasteiger charge is 2.19. The van der Waals surface area contributed by atoms with Crippen LogP contribution in [0.2, 0.25) is 0 Å². The summed E-state index contributed by atoms with van der Waals surface area (Å²) in [6, 6.07) is 36.9. The second-order valence-electron chi connectivity index (χ2n) is 10.6. The fraction of sp³-hybridized carbons (Fsp3) is 0.108. The standard InChI is InChI=1S/C37H29NO/c1-22-18-29-31(20-24(22)3)36(27-14-16-28(17-15-27)37-38-33-12-8-9-13-34(33)39-37)32-21-25(4)23(2)19-30(32)35(29)26-10-6-5-7-11-26/h5-21H,1-4H3. The summed E-state index contributed by atoms with van der Waals surface area (Å²) in [6.45, 7) is 8.84. The summed E-state index contributed by atoms with van der Waals surface area (Å²) >= 11 is 0. The average molecular weight is 504 g/mol. The van der Waals surface area contributed by atoms with Crippen molar-refractivity contribution >= 4 is 32.6 Å². The van der Waals surface area contributed by atoms with E-state index in [1.807, 2.05) is 24.3 Å². The van der Waals surface area contributed by atoms with Crippen molar-refractivity contribution in [1.29, 1.82) is 0 Å². The van der Waals surface area contributed by atoms with Crippen LogP contribution in [0.15, 0.2) is 108 Å². The molecule has 0 unspecified atom stereocenters. The molecule has 188 valence electrons. The normalized spacial score (nSPS) is 11.6. The lowest BCUT2D eigenvalue weighted by molar-refractivity contribution is 0.620. The zero-order chi connectivity index (χ0) is 26.7. The minimum Gasteiger partial charge on any atom is -0.436 e. The maximum Gasteiger partial charge on any atom is 0.227 e. The topological polar surface area (TPSA) is 26.0 Å². The number of benzene rings is 6. The summed E-state index contributed by atoms with van der Waals surface area (Å²) < 4.78 is 6.05. The first kappa shape index (κ1) is 23.4. The fourth-order valence-electron chi connectivity index (χ4n) is 5.75. The lowest BCUT2D eigenvalue weighted by atomic mass is 9.83. The Hall–Kier alpha value is -4.69. The molecule has 0 radical (unpaired) electrons. The predicted molar refractivity (Wildman–Crippen MR) is 164 cm³/mol. The van der Waals surface area contributed by atoms with Gasteiger partial charge in [-0.2, -0.15) is 0 Å². The van der Waals surface area contributed by atoms with E-state index in [1.54, 1.807) is 0 Å². The van der Waals surface area contributed by atoms with E-state index >= 15 is 0 Å². The summed E-state index contributed by atoms with van der Waals surface area (Å²) in [4.78, 5) is 4.71.